The van der Waals surface area contributed by atoms with Crippen molar-refractivity contribution in [2.45, 2.75) is 0 Å². The molecule has 1 heterocycles. The fourth-order valence-electron chi connectivity index (χ4n) is 1.12. The molecule has 0 saturated heterocycles. The van der Waals surface area contributed by atoms with Crippen LogP contribution in [0.1, 0.15) is 0 Å². The van der Waals surface area contributed by atoms with E-state index in [1.165, 1.54) is 0 Å². The van der Waals surface area contributed by atoms with Crippen LogP contribution in [0.5, 0.6) is 11.6 Å². The van der Waals surface area contributed by atoms with E-state index in [4.69, 9.17) is 4.74 Å². The SMILES string of the molecule is Fc1cnc(Oc2cccc(Br)c2)c(F)c1. The van der Waals surface area contributed by atoms with Gasteiger partial charge >= 0.3 is 0 Å². The van der Waals surface area contributed by atoms with Crippen LogP contribution in [0.3, 0.4) is 0 Å². The van der Waals surface area contributed by atoms with E-state index < -0.39 is 11.6 Å². The number of nitrogens with zero attached hydrogens (tertiary/aromatic N) is 1. The summed E-state index contributed by atoms with van der Waals surface area (Å²) >= 11 is 3.25. The summed E-state index contributed by atoms with van der Waals surface area (Å²) in [7, 11) is 0. The molecule has 0 amide bonds. The van der Waals surface area contributed by atoms with Gasteiger partial charge in [0.2, 0.25) is 0 Å². The third-order valence-corrected chi connectivity index (χ3v) is 2.28. The Morgan fingerprint density at radius 3 is 2.69 bits per heavy atom. The Morgan fingerprint density at radius 2 is 2.00 bits per heavy atom. The van der Waals surface area contributed by atoms with Crippen molar-refractivity contribution in [3.63, 3.8) is 0 Å². The highest BCUT2D eigenvalue weighted by Gasteiger charge is 2.07. The summed E-state index contributed by atoms with van der Waals surface area (Å²) in [6.07, 6.45) is 0.899. The summed E-state index contributed by atoms with van der Waals surface area (Å²) in [6, 6.07) is 7.57. The Balaban J connectivity index is 2.27. The van der Waals surface area contributed by atoms with Gasteiger partial charge in [-0.1, -0.05) is 22.0 Å². The van der Waals surface area contributed by atoms with Gasteiger partial charge in [0.1, 0.15) is 11.6 Å². The van der Waals surface area contributed by atoms with Crippen LogP contribution in [0.2, 0.25) is 0 Å². The monoisotopic (exact) mass is 285 g/mol. The van der Waals surface area contributed by atoms with E-state index in [0.29, 0.717) is 5.75 Å². The first-order valence-electron chi connectivity index (χ1n) is 4.39. The topological polar surface area (TPSA) is 22.1 Å². The van der Waals surface area contributed by atoms with E-state index >= 15 is 0 Å². The lowest BCUT2D eigenvalue weighted by Crippen LogP contribution is -1.93. The molecule has 0 aliphatic rings. The van der Waals surface area contributed by atoms with Gasteiger partial charge in [0.25, 0.3) is 5.88 Å². The Kier molecular flexibility index (Phi) is 3.14. The molecule has 0 radical (unpaired) electrons. The van der Waals surface area contributed by atoms with Crippen LogP contribution in [0.15, 0.2) is 41.0 Å². The number of rotatable bonds is 2. The normalized spacial score (nSPS) is 10.2. The smallest absolute Gasteiger partial charge is 0.256 e. The van der Waals surface area contributed by atoms with Crippen LogP contribution in [0.4, 0.5) is 8.78 Å². The van der Waals surface area contributed by atoms with Crippen molar-refractivity contribution in [3.05, 3.63) is 52.6 Å². The third-order valence-electron chi connectivity index (χ3n) is 1.78. The first kappa shape index (κ1) is 11.0. The van der Waals surface area contributed by atoms with Crippen molar-refractivity contribution in [2.75, 3.05) is 0 Å². The molecule has 0 aliphatic carbocycles. The summed E-state index contributed by atoms with van der Waals surface area (Å²) in [4.78, 5) is 3.52. The van der Waals surface area contributed by atoms with Crippen LogP contribution < -0.4 is 4.74 Å². The minimum atomic E-state index is -0.833. The molecular formula is C11H6BrF2NO. The standard InChI is InChI=1S/C11H6BrF2NO/c12-7-2-1-3-9(4-7)16-11-10(14)5-8(13)6-15-11/h1-6H. The minimum absolute atomic E-state index is 0.250. The van der Waals surface area contributed by atoms with Gasteiger partial charge in [-0.15, -0.1) is 0 Å². The number of halogens is 3. The highest BCUT2D eigenvalue weighted by Crippen LogP contribution is 2.24. The van der Waals surface area contributed by atoms with Crippen LogP contribution in [-0.4, -0.2) is 4.98 Å². The molecule has 82 valence electrons. The fraction of sp³-hybridized carbons (Fsp3) is 0. The van der Waals surface area contributed by atoms with Crippen LogP contribution in [-0.2, 0) is 0 Å². The van der Waals surface area contributed by atoms with E-state index in [0.717, 1.165) is 16.7 Å². The summed E-state index contributed by atoms with van der Waals surface area (Å²) < 4.78 is 31.7. The first-order chi connectivity index (χ1) is 7.65. The van der Waals surface area contributed by atoms with Gasteiger partial charge in [0, 0.05) is 10.5 Å². The highest BCUT2D eigenvalue weighted by atomic mass is 79.9. The molecule has 0 N–H and O–H groups in total. The molecule has 2 aromatic rings. The summed E-state index contributed by atoms with van der Waals surface area (Å²) in [5, 5.41) is 0. The van der Waals surface area contributed by atoms with E-state index in [1.807, 2.05) is 0 Å². The molecule has 2 nitrogen and oxygen atoms in total. The largest absolute Gasteiger partial charge is 0.436 e. The van der Waals surface area contributed by atoms with Gasteiger partial charge in [0.15, 0.2) is 5.82 Å². The quantitative estimate of drug-likeness (QED) is 0.835. The molecule has 0 aliphatic heterocycles. The molecule has 0 saturated carbocycles. The fourth-order valence-corrected chi connectivity index (χ4v) is 1.50. The molecule has 0 bridgehead atoms. The lowest BCUT2D eigenvalue weighted by Gasteiger charge is -2.05. The predicted molar refractivity (Wildman–Crippen MR) is 58.4 cm³/mol. The zero-order valence-corrected chi connectivity index (χ0v) is 9.54. The molecule has 1 aromatic heterocycles. The highest BCUT2D eigenvalue weighted by molar-refractivity contribution is 9.10. The molecule has 0 atom stereocenters. The number of hydrogen-bond acceptors (Lipinski definition) is 2. The number of ether oxygens (including phenoxy) is 1. The Labute approximate surface area is 99.0 Å². The summed E-state index contributed by atoms with van der Waals surface area (Å²) in [5.41, 5.74) is 0. The van der Waals surface area contributed by atoms with Crippen molar-refractivity contribution in [1.29, 1.82) is 0 Å². The number of benzene rings is 1. The third kappa shape index (κ3) is 2.55. The molecule has 16 heavy (non-hydrogen) atoms. The maximum absolute atomic E-state index is 13.2. The van der Waals surface area contributed by atoms with Gasteiger partial charge in [-0.25, -0.2) is 13.8 Å². The second kappa shape index (κ2) is 4.57. The van der Waals surface area contributed by atoms with Gasteiger partial charge in [0.05, 0.1) is 6.20 Å². The van der Waals surface area contributed by atoms with E-state index in [1.54, 1.807) is 24.3 Å². The molecular weight excluding hydrogens is 280 g/mol. The van der Waals surface area contributed by atoms with Gasteiger partial charge in [-0.05, 0) is 18.2 Å². The molecule has 5 heteroatoms. The lowest BCUT2D eigenvalue weighted by atomic mass is 10.3. The van der Waals surface area contributed by atoms with E-state index in [2.05, 4.69) is 20.9 Å². The molecule has 2 rings (SSSR count). The maximum Gasteiger partial charge on any atom is 0.256 e. The van der Waals surface area contributed by atoms with Gasteiger partial charge in [-0.2, -0.15) is 0 Å². The number of pyridine rings is 1. The van der Waals surface area contributed by atoms with Crippen molar-refractivity contribution >= 4 is 15.9 Å². The minimum Gasteiger partial charge on any atom is -0.436 e. The Morgan fingerprint density at radius 1 is 1.19 bits per heavy atom. The molecule has 1 aromatic carbocycles. The van der Waals surface area contributed by atoms with E-state index in [9.17, 15) is 8.78 Å². The zero-order chi connectivity index (χ0) is 11.5. The Bertz CT molecular complexity index is 519. The van der Waals surface area contributed by atoms with Crippen molar-refractivity contribution in [3.8, 4) is 11.6 Å². The zero-order valence-electron chi connectivity index (χ0n) is 7.95. The van der Waals surface area contributed by atoms with Crippen LogP contribution in [0, 0.1) is 11.6 Å². The maximum atomic E-state index is 13.2. The van der Waals surface area contributed by atoms with Crippen molar-refractivity contribution in [1.82, 2.24) is 4.98 Å². The first-order valence-corrected chi connectivity index (χ1v) is 5.19. The van der Waals surface area contributed by atoms with Crippen molar-refractivity contribution < 1.29 is 13.5 Å². The van der Waals surface area contributed by atoms with Crippen molar-refractivity contribution in [2.24, 2.45) is 0 Å². The van der Waals surface area contributed by atoms with Gasteiger partial charge in [-0.3, -0.25) is 0 Å². The Hall–Kier alpha value is -1.49. The average Bonchev–Trinajstić information content (AvgIpc) is 2.22. The predicted octanol–water partition coefficient (Wildman–Crippen LogP) is 3.91. The number of hydrogen-bond donors (Lipinski definition) is 0. The lowest BCUT2D eigenvalue weighted by molar-refractivity contribution is 0.416. The molecule has 0 fully saturated rings. The summed E-state index contributed by atoms with van der Waals surface area (Å²) in [6.45, 7) is 0. The van der Waals surface area contributed by atoms with E-state index in [-0.39, 0.29) is 5.88 Å². The average molecular weight is 286 g/mol. The number of aromatic nitrogens is 1. The molecule has 0 unspecified atom stereocenters. The van der Waals surface area contributed by atoms with Crippen LogP contribution >= 0.6 is 15.9 Å². The van der Waals surface area contributed by atoms with Crippen LogP contribution in [0.25, 0.3) is 0 Å². The summed E-state index contributed by atoms with van der Waals surface area (Å²) in [5.74, 6) is -1.40. The second-order valence-electron chi connectivity index (χ2n) is 3.00. The second-order valence-corrected chi connectivity index (χ2v) is 3.92. The molecule has 0 spiro atoms. The van der Waals surface area contributed by atoms with Gasteiger partial charge < -0.3 is 4.74 Å².